The van der Waals surface area contributed by atoms with E-state index in [4.69, 9.17) is 10.00 Å². The molecule has 0 aliphatic rings. The fraction of sp³-hybridized carbons (Fsp3) is 0.125. The molecule has 0 saturated carbocycles. The quantitative estimate of drug-likeness (QED) is 0.613. The van der Waals surface area contributed by atoms with Gasteiger partial charge in [0.25, 0.3) is 11.8 Å². The van der Waals surface area contributed by atoms with Crippen molar-refractivity contribution in [1.82, 2.24) is 0 Å². The molecule has 3 aromatic rings. The molecule has 0 unspecified atom stereocenters. The molecule has 3 rings (SSSR count). The number of benzene rings is 3. The first-order valence-corrected chi connectivity index (χ1v) is 9.49. The van der Waals surface area contributed by atoms with Crippen LogP contribution in [-0.4, -0.2) is 25.0 Å². The van der Waals surface area contributed by atoms with Crippen LogP contribution >= 0.6 is 0 Å². The van der Waals surface area contributed by atoms with E-state index in [2.05, 4.69) is 11.4 Å². The average molecular weight is 399 g/mol. The van der Waals surface area contributed by atoms with E-state index in [1.54, 1.807) is 48.5 Å². The lowest BCUT2D eigenvalue weighted by atomic mass is 10.2. The number of carbonyl (C=O) groups is 2. The highest BCUT2D eigenvalue weighted by atomic mass is 16.5. The van der Waals surface area contributed by atoms with Crippen LogP contribution in [0.4, 0.5) is 11.4 Å². The summed E-state index contributed by atoms with van der Waals surface area (Å²) in [6.07, 6.45) is 0.205. The molecule has 6 nitrogen and oxygen atoms in total. The van der Waals surface area contributed by atoms with E-state index >= 15 is 0 Å². The number of nitrogens with one attached hydrogen (secondary N) is 1. The van der Waals surface area contributed by atoms with E-state index in [1.807, 2.05) is 36.4 Å². The number of rotatable bonds is 8. The number of nitriles is 1. The van der Waals surface area contributed by atoms with Crippen LogP contribution in [0.15, 0.2) is 84.9 Å². The number of carbonyl (C=O) groups excluding carboxylic acids is 2. The van der Waals surface area contributed by atoms with E-state index in [0.29, 0.717) is 22.7 Å². The fourth-order valence-corrected chi connectivity index (χ4v) is 2.88. The summed E-state index contributed by atoms with van der Waals surface area (Å²) in [5.74, 6) is -0.309. The van der Waals surface area contributed by atoms with Crippen molar-refractivity contribution in [3.05, 3.63) is 90.5 Å². The Hall–Kier alpha value is -4.11. The van der Waals surface area contributed by atoms with E-state index in [1.165, 1.54) is 4.90 Å². The number of hydrogen-bond donors (Lipinski definition) is 1. The van der Waals surface area contributed by atoms with Crippen LogP contribution in [0.1, 0.15) is 16.8 Å². The van der Waals surface area contributed by atoms with Gasteiger partial charge in [-0.25, -0.2) is 0 Å². The number of anilines is 2. The maximum absolute atomic E-state index is 12.8. The van der Waals surface area contributed by atoms with E-state index in [0.717, 1.165) is 0 Å². The summed E-state index contributed by atoms with van der Waals surface area (Å²) in [4.78, 5) is 26.9. The molecular weight excluding hydrogens is 378 g/mol. The van der Waals surface area contributed by atoms with Gasteiger partial charge in [-0.2, -0.15) is 5.26 Å². The molecule has 0 radical (unpaired) electrons. The van der Waals surface area contributed by atoms with E-state index < -0.39 is 0 Å². The molecule has 0 heterocycles. The van der Waals surface area contributed by atoms with Crippen molar-refractivity contribution in [3.63, 3.8) is 0 Å². The third-order valence-electron chi connectivity index (χ3n) is 4.33. The second-order valence-corrected chi connectivity index (χ2v) is 6.39. The first-order valence-electron chi connectivity index (χ1n) is 9.49. The Morgan fingerprint density at radius 1 is 0.900 bits per heavy atom. The highest BCUT2D eigenvalue weighted by molar-refractivity contribution is 6.06. The van der Waals surface area contributed by atoms with Crippen LogP contribution in [0.2, 0.25) is 0 Å². The molecule has 150 valence electrons. The number of amides is 2. The Morgan fingerprint density at radius 2 is 1.53 bits per heavy atom. The zero-order valence-electron chi connectivity index (χ0n) is 16.3. The van der Waals surface area contributed by atoms with Crippen molar-refractivity contribution in [2.24, 2.45) is 0 Å². The summed E-state index contributed by atoms with van der Waals surface area (Å²) >= 11 is 0. The van der Waals surface area contributed by atoms with Gasteiger partial charge in [0.05, 0.1) is 18.1 Å². The Balaban J connectivity index is 1.71. The van der Waals surface area contributed by atoms with Gasteiger partial charge in [-0.15, -0.1) is 0 Å². The van der Waals surface area contributed by atoms with Gasteiger partial charge in [-0.3, -0.25) is 9.59 Å². The minimum absolute atomic E-state index is 0.205. The lowest BCUT2D eigenvalue weighted by Gasteiger charge is -2.22. The highest BCUT2D eigenvalue weighted by Crippen LogP contribution is 2.21. The van der Waals surface area contributed by atoms with Crippen molar-refractivity contribution in [3.8, 4) is 11.8 Å². The average Bonchev–Trinajstić information content (AvgIpc) is 2.79. The molecule has 0 bridgehead atoms. The van der Waals surface area contributed by atoms with Gasteiger partial charge in [0.1, 0.15) is 5.75 Å². The molecule has 0 aliphatic carbocycles. The second kappa shape index (κ2) is 10.4. The molecule has 2 amide bonds. The molecule has 6 heteroatoms. The van der Waals surface area contributed by atoms with Gasteiger partial charge in [-0.05, 0) is 36.4 Å². The number of nitrogens with zero attached hydrogens (tertiary/aromatic N) is 2. The Morgan fingerprint density at radius 3 is 2.23 bits per heavy atom. The van der Waals surface area contributed by atoms with Gasteiger partial charge in [0, 0.05) is 17.9 Å². The monoisotopic (exact) mass is 399 g/mol. The third-order valence-corrected chi connectivity index (χ3v) is 4.33. The van der Waals surface area contributed by atoms with E-state index in [9.17, 15) is 9.59 Å². The van der Waals surface area contributed by atoms with Crippen LogP contribution < -0.4 is 15.0 Å². The fourth-order valence-electron chi connectivity index (χ4n) is 2.88. The SMILES string of the molecule is N#CCCN(C(=O)COc1ccccc1C(=O)Nc1ccccc1)c1ccccc1. The molecular formula is C24H21N3O3. The van der Waals surface area contributed by atoms with Crippen LogP contribution in [0.5, 0.6) is 5.75 Å². The summed E-state index contributed by atoms with van der Waals surface area (Å²) in [6.45, 7) is 0.00873. The normalized spacial score (nSPS) is 9.97. The van der Waals surface area contributed by atoms with Gasteiger partial charge in [-0.1, -0.05) is 48.5 Å². The van der Waals surface area contributed by atoms with Crippen molar-refractivity contribution in [2.45, 2.75) is 6.42 Å². The summed E-state index contributed by atoms with van der Waals surface area (Å²) in [7, 11) is 0. The van der Waals surface area contributed by atoms with Gasteiger partial charge < -0.3 is 15.0 Å². The lowest BCUT2D eigenvalue weighted by Crippen LogP contribution is -2.35. The predicted octanol–water partition coefficient (Wildman–Crippen LogP) is 4.26. The van der Waals surface area contributed by atoms with Gasteiger partial charge >= 0.3 is 0 Å². The smallest absolute Gasteiger partial charge is 0.264 e. The molecule has 0 saturated heterocycles. The van der Waals surface area contributed by atoms with Crippen LogP contribution in [0.25, 0.3) is 0 Å². The number of hydrogen-bond acceptors (Lipinski definition) is 4. The molecule has 0 spiro atoms. The number of ether oxygens (including phenoxy) is 1. The zero-order chi connectivity index (χ0) is 21.2. The molecule has 0 fully saturated rings. The lowest BCUT2D eigenvalue weighted by molar-refractivity contribution is -0.120. The van der Waals surface area contributed by atoms with Crippen molar-refractivity contribution < 1.29 is 14.3 Å². The maximum atomic E-state index is 12.8. The summed E-state index contributed by atoms with van der Waals surface area (Å²) < 4.78 is 5.71. The van der Waals surface area contributed by atoms with Crippen molar-refractivity contribution >= 4 is 23.2 Å². The summed E-state index contributed by atoms with van der Waals surface area (Å²) in [5.41, 5.74) is 1.69. The topological polar surface area (TPSA) is 82.4 Å². The van der Waals surface area contributed by atoms with Gasteiger partial charge in [0.15, 0.2) is 6.61 Å². The largest absolute Gasteiger partial charge is 0.483 e. The highest BCUT2D eigenvalue weighted by Gasteiger charge is 2.18. The number of para-hydroxylation sites is 3. The molecule has 0 atom stereocenters. The first kappa shape index (κ1) is 20.6. The maximum Gasteiger partial charge on any atom is 0.264 e. The van der Waals surface area contributed by atoms with Crippen molar-refractivity contribution in [1.29, 1.82) is 5.26 Å². The molecule has 0 aromatic heterocycles. The predicted molar refractivity (Wildman–Crippen MR) is 115 cm³/mol. The van der Waals surface area contributed by atoms with Crippen molar-refractivity contribution in [2.75, 3.05) is 23.4 Å². The minimum Gasteiger partial charge on any atom is -0.483 e. The van der Waals surface area contributed by atoms with Crippen LogP contribution in [0, 0.1) is 11.3 Å². The van der Waals surface area contributed by atoms with Gasteiger partial charge in [0.2, 0.25) is 0 Å². The van der Waals surface area contributed by atoms with Crippen LogP contribution in [0.3, 0.4) is 0 Å². The molecule has 30 heavy (non-hydrogen) atoms. The Bertz CT molecular complexity index is 1030. The molecule has 3 aromatic carbocycles. The Labute approximate surface area is 175 Å². The summed E-state index contributed by atoms with van der Waals surface area (Å²) in [5, 5.41) is 11.7. The second-order valence-electron chi connectivity index (χ2n) is 6.39. The zero-order valence-corrected chi connectivity index (χ0v) is 16.3. The van der Waals surface area contributed by atoms with Crippen LogP contribution in [-0.2, 0) is 4.79 Å². The third kappa shape index (κ3) is 5.46. The first-order chi connectivity index (χ1) is 14.7. The van der Waals surface area contributed by atoms with E-state index in [-0.39, 0.29) is 31.4 Å². The minimum atomic E-state index is -0.325. The molecule has 1 N–H and O–H groups in total. The Kier molecular flexibility index (Phi) is 7.17. The molecule has 0 aliphatic heterocycles. The standard InChI is InChI=1S/C24H21N3O3/c25-16-9-17-27(20-12-5-2-6-13-20)23(28)18-30-22-15-8-7-14-21(22)24(29)26-19-10-3-1-4-11-19/h1-8,10-15H,9,17-18H2,(H,26,29). The summed E-state index contributed by atoms with van der Waals surface area (Å²) in [6, 6.07) is 27.0.